The van der Waals surface area contributed by atoms with E-state index < -0.39 is 15.9 Å². The van der Waals surface area contributed by atoms with Crippen LogP contribution in [0.4, 0.5) is 5.69 Å². The Morgan fingerprint density at radius 2 is 1.84 bits per heavy atom. The molecule has 0 bridgehead atoms. The van der Waals surface area contributed by atoms with Crippen LogP contribution in [0.2, 0.25) is 5.02 Å². The summed E-state index contributed by atoms with van der Waals surface area (Å²) in [7, 11) is -2.37. The highest BCUT2D eigenvalue weighted by atomic mass is 35.5. The number of anilines is 1. The van der Waals surface area contributed by atoms with E-state index in [-0.39, 0.29) is 16.3 Å². The van der Waals surface area contributed by atoms with Gasteiger partial charge in [-0.15, -0.1) is 0 Å². The van der Waals surface area contributed by atoms with Gasteiger partial charge in [0.25, 0.3) is 5.91 Å². The molecule has 1 aliphatic heterocycles. The molecule has 192 valence electrons. The first-order valence-electron chi connectivity index (χ1n) is 11.8. The zero-order chi connectivity index (χ0) is 26.3. The number of carbonyl (C=O) groups is 1. The number of rotatable bonds is 6. The van der Waals surface area contributed by atoms with Gasteiger partial charge in [0.05, 0.1) is 12.7 Å². The molecule has 0 saturated carbocycles. The molecule has 2 aromatic carbocycles. The molecular weight excluding hydrogens is 514 g/mol. The molecule has 0 radical (unpaired) electrons. The standard InChI is InChI=1S/C26H26ClN5O4S/c1-16-13-17(2)32-25(28-16)23(24(30-32)26(33)29-20-8-6-7-19(27)15-20)18-9-10-21(36-3)22(14-18)37(34,35)31-11-4-5-12-31/h6-10,13-15H,4-5,11-12H2,1-3H3,(H,29,33). The van der Waals surface area contributed by atoms with E-state index in [1.165, 1.54) is 11.4 Å². The summed E-state index contributed by atoms with van der Waals surface area (Å²) in [5.41, 5.74) is 3.50. The average Bonchev–Trinajstić information content (AvgIpc) is 3.53. The number of carbonyl (C=O) groups excluding carboxylic acids is 1. The normalized spacial score (nSPS) is 14.3. The molecule has 1 saturated heterocycles. The quantitative estimate of drug-likeness (QED) is 0.380. The number of ether oxygens (including phenoxy) is 1. The van der Waals surface area contributed by atoms with E-state index in [1.807, 2.05) is 19.9 Å². The molecule has 0 aliphatic carbocycles. The van der Waals surface area contributed by atoms with Gasteiger partial charge in [0.2, 0.25) is 10.0 Å². The number of nitrogens with one attached hydrogen (secondary N) is 1. The third kappa shape index (κ3) is 4.68. The Kier molecular flexibility index (Phi) is 6.65. The van der Waals surface area contributed by atoms with E-state index in [0.29, 0.717) is 40.6 Å². The van der Waals surface area contributed by atoms with Crippen molar-refractivity contribution in [2.45, 2.75) is 31.6 Å². The minimum absolute atomic E-state index is 0.0410. The van der Waals surface area contributed by atoms with Crippen LogP contribution in [-0.4, -0.2) is 53.4 Å². The molecule has 9 nitrogen and oxygen atoms in total. The maximum Gasteiger partial charge on any atom is 0.276 e. The Bertz CT molecular complexity index is 1630. The van der Waals surface area contributed by atoms with Crippen molar-refractivity contribution in [2.75, 3.05) is 25.5 Å². The number of sulfonamides is 1. The van der Waals surface area contributed by atoms with Crippen LogP contribution in [0.25, 0.3) is 16.8 Å². The largest absolute Gasteiger partial charge is 0.495 e. The molecule has 0 atom stereocenters. The summed E-state index contributed by atoms with van der Waals surface area (Å²) in [6.07, 6.45) is 1.62. The number of fused-ring (bicyclic) bond motifs is 1. The summed E-state index contributed by atoms with van der Waals surface area (Å²) in [5, 5.41) is 7.90. The highest BCUT2D eigenvalue weighted by molar-refractivity contribution is 7.89. The number of aryl methyl sites for hydroxylation is 2. The van der Waals surface area contributed by atoms with Crippen molar-refractivity contribution in [3.8, 4) is 16.9 Å². The van der Waals surface area contributed by atoms with Gasteiger partial charge in [0.1, 0.15) is 10.6 Å². The maximum absolute atomic E-state index is 13.5. The van der Waals surface area contributed by atoms with Gasteiger partial charge >= 0.3 is 0 Å². The lowest BCUT2D eigenvalue weighted by Crippen LogP contribution is -2.28. The Labute approximate surface area is 220 Å². The second-order valence-electron chi connectivity index (χ2n) is 8.94. The van der Waals surface area contributed by atoms with Crippen LogP contribution in [0, 0.1) is 13.8 Å². The lowest BCUT2D eigenvalue weighted by Gasteiger charge is -2.18. The molecule has 1 N–H and O–H groups in total. The predicted octanol–water partition coefficient (Wildman–Crippen LogP) is 4.71. The molecule has 0 unspecified atom stereocenters. The summed E-state index contributed by atoms with van der Waals surface area (Å²) in [4.78, 5) is 18.2. The van der Waals surface area contributed by atoms with Crippen molar-refractivity contribution in [3.05, 3.63) is 70.6 Å². The number of nitrogens with zero attached hydrogens (tertiary/aromatic N) is 4. The zero-order valence-electron chi connectivity index (χ0n) is 20.7. The molecule has 1 aliphatic rings. The average molecular weight is 540 g/mol. The highest BCUT2D eigenvalue weighted by Crippen LogP contribution is 2.36. The van der Waals surface area contributed by atoms with E-state index in [1.54, 1.807) is 47.0 Å². The Morgan fingerprint density at radius 3 is 2.54 bits per heavy atom. The molecule has 1 fully saturated rings. The van der Waals surface area contributed by atoms with Crippen molar-refractivity contribution >= 4 is 38.9 Å². The number of benzene rings is 2. The van der Waals surface area contributed by atoms with Gasteiger partial charge in [0.15, 0.2) is 11.3 Å². The summed E-state index contributed by atoms with van der Waals surface area (Å²) < 4.78 is 35.5. The van der Waals surface area contributed by atoms with Gasteiger partial charge in [-0.25, -0.2) is 17.9 Å². The van der Waals surface area contributed by atoms with E-state index in [9.17, 15) is 13.2 Å². The third-order valence-corrected chi connectivity index (χ3v) is 8.48. The molecule has 1 amide bonds. The van der Waals surface area contributed by atoms with Crippen molar-refractivity contribution in [3.63, 3.8) is 0 Å². The van der Waals surface area contributed by atoms with Crippen LogP contribution in [-0.2, 0) is 10.0 Å². The second kappa shape index (κ2) is 9.77. The summed E-state index contributed by atoms with van der Waals surface area (Å²) in [6.45, 7) is 4.64. The Morgan fingerprint density at radius 1 is 1.08 bits per heavy atom. The summed E-state index contributed by atoms with van der Waals surface area (Å²) in [6, 6.07) is 13.5. The van der Waals surface area contributed by atoms with Crippen LogP contribution in [0.1, 0.15) is 34.7 Å². The fourth-order valence-electron chi connectivity index (χ4n) is 4.60. The van der Waals surface area contributed by atoms with E-state index >= 15 is 0 Å². The molecule has 11 heteroatoms. The molecule has 37 heavy (non-hydrogen) atoms. The molecule has 5 rings (SSSR count). The van der Waals surface area contributed by atoms with Crippen molar-refractivity contribution < 1.29 is 17.9 Å². The van der Waals surface area contributed by atoms with Gasteiger partial charge in [-0.3, -0.25) is 4.79 Å². The molecule has 0 spiro atoms. The second-order valence-corrected chi connectivity index (χ2v) is 11.3. The van der Waals surface area contributed by atoms with Gasteiger partial charge < -0.3 is 10.1 Å². The van der Waals surface area contributed by atoms with Gasteiger partial charge in [-0.2, -0.15) is 9.40 Å². The topological polar surface area (TPSA) is 106 Å². The fourth-order valence-corrected chi connectivity index (χ4v) is 6.49. The maximum atomic E-state index is 13.5. The summed E-state index contributed by atoms with van der Waals surface area (Å²) in [5.74, 6) is -0.239. The third-order valence-electron chi connectivity index (χ3n) is 6.33. The fraction of sp³-hybridized carbons (Fsp3) is 0.269. The molecule has 2 aromatic heterocycles. The van der Waals surface area contributed by atoms with Crippen LogP contribution < -0.4 is 10.1 Å². The predicted molar refractivity (Wildman–Crippen MR) is 142 cm³/mol. The highest BCUT2D eigenvalue weighted by Gasteiger charge is 2.31. The Hall–Kier alpha value is -3.47. The van der Waals surface area contributed by atoms with Crippen LogP contribution in [0.5, 0.6) is 5.75 Å². The first kappa shape index (κ1) is 25.2. The number of hydrogen-bond donors (Lipinski definition) is 1. The first-order chi connectivity index (χ1) is 17.7. The smallest absolute Gasteiger partial charge is 0.276 e. The zero-order valence-corrected chi connectivity index (χ0v) is 22.2. The van der Waals surface area contributed by atoms with Crippen molar-refractivity contribution in [1.82, 2.24) is 18.9 Å². The number of amides is 1. The SMILES string of the molecule is COc1ccc(-c2c(C(=O)Nc3cccc(Cl)c3)nn3c(C)cc(C)nc23)cc1S(=O)(=O)N1CCCC1. The number of methoxy groups -OCH3 is 1. The number of aromatic nitrogens is 3. The van der Waals surface area contributed by atoms with Gasteiger partial charge in [-0.05, 0) is 68.7 Å². The van der Waals surface area contributed by atoms with E-state index in [2.05, 4.69) is 15.4 Å². The molecule has 3 heterocycles. The number of hydrogen-bond acceptors (Lipinski definition) is 6. The minimum Gasteiger partial charge on any atom is -0.495 e. The van der Waals surface area contributed by atoms with Crippen LogP contribution >= 0.6 is 11.6 Å². The lowest BCUT2D eigenvalue weighted by atomic mass is 10.0. The van der Waals surface area contributed by atoms with Crippen molar-refractivity contribution in [1.29, 1.82) is 0 Å². The van der Waals surface area contributed by atoms with Gasteiger partial charge in [-0.1, -0.05) is 23.7 Å². The minimum atomic E-state index is -3.81. The lowest BCUT2D eigenvalue weighted by molar-refractivity contribution is 0.102. The van der Waals surface area contributed by atoms with Gasteiger partial charge in [0, 0.05) is 35.2 Å². The summed E-state index contributed by atoms with van der Waals surface area (Å²) >= 11 is 6.09. The Balaban J connectivity index is 1.70. The van der Waals surface area contributed by atoms with Crippen LogP contribution in [0.3, 0.4) is 0 Å². The monoisotopic (exact) mass is 539 g/mol. The number of halogens is 1. The van der Waals surface area contributed by atoms with E-state index in [4.69, 9.17) is 16.3 Å². The van der Waals surface area contributed by atoms with Crippen molar-refractivity contribution in [2.24, 2.45) is 0 Å². The first-order valence-corrected chi connectivity index (χ1v) is 13.6. The molecule has 4 aromatic rings. The van der Waals surface area contributed by atoms with Crippen LogP contribution in [0.15, 0.2) is 53.4 Å². The molecular formula is C26H26ClN5O4S. The van der Waals surface area contributed by atoms with E-state index in [0.717, 1.165) is 24.2 Å².